The predicted molar refractivity (Wildman–Crippen MR) is 78.8 cm³/mol. The highest BCUT2D eigenvalue weighted by Crippen LogP contribution is 2.21. The number of hydrogen-bond donors (Lipinski definition) is 2. The Kier molecular flexibility index (Phi) is 4.59. The van der Waals surface area contributed by atoms with Gasteiger partial charge in [0.05, 0.1) is 10.6 Å². The van der Waals surface area contributed by atoms with Crippen LogP contribution in [-0.4, -0.2) is 18.2 Å². The summed E-state index contributed by atoms with van der Waals surface area (Å²) in [6.07, 6.45) is 2.60. The van der Waals surface area contributed by atoms with Gasteiger partial charge in [-0.05, 0) is 17.9 Å². The van der Waals surface area contributed by atoms with Crippen LogP contribution in [-0.2, 0) is 36.6 Å². The molecule has 0 saturated heterocycles. The first kappa shape index (κ1) is 15.2. The molecule has 0 radical (unpaired) electrons. The molecule has 8 heteroatoms. The lowest BCUT2D eigenvalue weighted by molar-refractivity contribution is 0.580. The highest BCUT2D eigenvalue weighted by Gasteiger charge is 2.19. The summed E-state index contributed by atoms with van der Waals surface area (Å²) in [4.78, 5) is 0.936. The Bertz CT molecular complexity index is 688. The van der Waals surface area contributed by atoms with Crippen LogP contribution >= 0.6 is 11.3 Å². The molecule has 2 aromatic heterocycles. The van der Waals surface area contributed by atoms with Gasteiger partial charge in [0.25, 0.3) is 0 Å². The van der Waals surface area contributed by atoms with E-state index in [1.807, 2.05) is 20.2 Å². The van der Waals surface area contributed by atoms with Gasteiger partial charge in [-0.15, -0.1) is 11.3 Å². The minimum atomic E-state index is -3.53. The van der Waals surface area contributed by atoms with E-state index in [0.29, 0.717) is 4.88 Å². The average Bonchev–Trinajstić information content (AvgIpc) is 3.02. The first-order valence-electron chi connectivity index (χ1n) is 6.25. The molecular formula is C12H18N4O2S2. The third-order valence-electron chi connectivity index (χ3n) is 2.96. The molecular weight excluding hydrogens is 296 g/mol. The fraction of sp³-hybridized carbons (Fsp3) is 0.417. The van der Waals surface area contributed by atoms with Crippen molar-refractivity contribution in [3.05, 3.63) is 33.8 Å². The van der Waals surface area contributed by atoms with Gasteiger partial charge in [0.1, 0.15) is 0 Å². The maximum atomic E-state index is 12.3. The van der Waals surface area contributed by atoms with E-state index in [-0.39, 0.29) is 18.0 Å². The van der Waals surface area contributed by atoms with Gasteiger partial charge in [-0.3, -0.25) is 4.68 Å². The van der Waals surface area contributed by atoms with E-state index >= 15 is 0 Å². The molecule has 0 spiro atoms. The zero-order valence-corrected chi connectivity index (χ0v) is 13.1. The molecule has 0 amide bonds. The smallest absolute Gasteiger partial charge is 0.242 e. The van der Waals surface area contributed by atoms with Gasteiger partial charge in [0.15, 0.2) is 0 Å². The van der Waals surface area contributed by atoms with Gasteiger partial charge in [0.2, 0.25) is 10.0 Å². The molecule has 0 unspecified atom stereocenters. The number of sulfonamides is 1. The van der Waals surface area contributed by atoms with E-state index in [4.69, 9.17) is 5.73 Å². The van der Waals surface area contributed by atoms with E-state index in [1.165, 1.54) is 11.3 Å². The first-order chi connectivity index (χ1) is 9.47. The van der Waals surface area contributed by atoms with Crippen molar-refractivity contribution in [2.24, 2.45) is 12.8 Å². The number of nitrogens with one attached hydrogen (secondary N) is 1. The fourth-order valence-corrected chi connectivity index (χ4v) is 4.34. The topological polar surface area (TPSA) is 90.0 Å². The van der Waals surface area contributed by atoms with Crippen LogP contribution in [0.1, 0.15) is 23.1 Å². The van der Waals surface area contributed by atoms with Crippen LogP contribution in [0.3, 0.4) is 0 Å². The van der Waals surface area contributed by atoms with E-state index in [2.05, 4.69) is 9.82 Å². The SMILES string of the molecule is CCc1nn(C)cc1CNS(=O)(=O)c1ccsc1CN. The zero-order valence-electron chi connectivity index (χ0n) is 11.5. The van der Waals surface area contributed by atoms with Crippen molar-refractivity contribution < 1.29 is 8.42 Å². The highest BCUT2D eigenvalue weighted by atomic mass is 32.2. The Labute approximate surface area is 122 Å². The van der Waals surface area contributed by atoms with Crippen molar-refractivity contribution >= 4 is 21.4 Å². The fourth-order valence-electron chi connectivity index (χ4n) is 2.00. The first-order valence-corrected chi connectivity index (χ1v) is 8.61. The number of hydrogen-bond acceptors (Lipinski definition) is 5. The lowest BCUT2D eigenvalue weighted by Gasteiger charge is -2.06. The van der Waals surface area contributed by atoms with Gasteiger partial charge in [0, 0.05) is 36.8 Å². The van der Waals surface area contributed by atoms with Crippen LogP contribution in [0.25, 0.3) is 0 Å². The minimum absolute atomic E-state index is 0.223. The number of rotatable bonds is 6. The molecule has 0 aliphatic heterocycles. The normalized spacial score (nSPS) is 11.9. The summed E-state index contributed by atoms with van der Waals surface area (Å²) in [5.74, 6) is 0. The molecule has 0 aliphatic rings. The molecule has 0 saturated carbocycles. The molecule has 0 fully saturated rings. The predicted octanol–water partition coefficient (Wildman–Crippen LogP) is 0.981. The lowest BCUT2D eigenvalue weighted by atomic mass is 10.2. The van der Waals surface area contributed by atoms with Crippen LogP contribution in [0.4, 0.5) is 0 Å². The second kappa shape index (κ2) is 6.04. The van der Waals surface area contributed by atoms with Gasteiger partial charge >= 0.3 is 0 Å². The Morgan fingerprint density at radius 1 is 1.50 bits per heavy atom. The molecule has 0 bridgehead atoms. The monoisotopic (exact) mass is 314 g/mol. The zero-order chi connectivity index (χ0) is 14.8. The van der Waals surface area contributed by atoms with Crippen molar-refractivity contribution in [2.75, 3.05) is 0 Å². The molecule has 2 rings (SSSR count). The quantitative estimate of drug-likeness (QED) is 0.831. The van der Waals surface area contributed by atoms with E-state index in [1.54, 1.807) is 16.1 Å². The second-order valence-corrected chi connectivity index (χ2v) is 7.10. The maximum Gasteiger partial charge on any atom is 0.242 e. The molecule has 0 aromatic carbocycles. The van der Waals surface area contributed by atoms with E-state index < -0.39 is 10.0 Å². The third-order valence-corrected chi connectivity index (χ3v) is 5.52. The Morgan fingerprint density at radius 2 is 2.25 bits per heavy atom. The van der Waals surface area contributed by atoms with Crippen molar-refractivity contribution in [3.63, 3.8) is 0 Å². The van der Waals surface area contributed by atoms with Gasteiger partial charge in [-0.1, -0.05) is 6.92 Å². The van der Waals surface area contributed by atoms with Crippen LogP contribution < -0.4 is 10.5 Å². The third kappa shape index (κ3) is 3.09. The van der Waals surface area contributed by atoms with Crippen molar-refractivity contribution in [3.8, 4) is 0 Å². The van der Waals surface area contributed by atoms with Crippen LogP contribution in [0.5, 0.6) is 0 Å². The summed E-state index contributed by atoms with van der Waals surface area (Å²) in [6.45, 7) is 2.45. The van der Waals surface area contributed by atoms with Crippen LogP contribution in [0.2, 0.25) is 0 Å². The molecule has 0 aliphatic carbocycles. The lowest BCUT2D eigenvalue weighted by Crippen LogP contribution is -2.24. The van der Waals surface area contributed by atoms with Gasteiger partial charge in [-0.2, -0.15) is 5.10 Å². The standard InChI is InChI=1S/C12H18N4O2S2/c1-3-10-9(8-16(2)15-10)7-14-20(17,18)12-4-5-19-11(12)6-13/h4-5,8,14H,3,6-7,13H2,1-2H3. The molecule has 2 heterocycles. The highest BCUT2D eigenvalue weighted by molar-refractivity contribution is 7.89. The maximum absolute atomic E-state index is 12.3. The molecule has 6 nitrogen and oxygen atoms in total. The summed E-state index contributed by atoms with van der Waals surface area (Å²) in [5.41, 5.74) is 7.35. The Morgan fingerprint density at radius 3 is 2.90 bits per heavy atom. The van der Waals surface area contributed by atoms with Crippen LogP contribution in [0, 0.1) is 0 Å². The largest absolute Gasteiger partial charge is 0.326 e. The number of nitrogens with two attached hydrogens (primary N) is 1. The average molecular weight is 314 g/mol. The minimum Gasteiger partial charge on any atom is -0.326 e. The molecule has 0 atom stereocenters. The summed E-state index contributed by atoms with van der Waals surface area (Å²) in [5, 5.41) is 6.02. The molecule has 110 valence electrons. The number of aryl methyl sites for hydroxylation is 2. The molecule has 20 heavy (non-hydrogen) atoms. The van der Waals surface area contributed by atoms with Crippen molar-refractivity contribution in [2.45, 2.75) is 31.3 Å². The van der Waals surface area contributed by atoms with Crippen LogP contribution in [0.15, 0.2) is 22.5 Å². The van der Waals surface area contributed by atoms with Crippen molar-refractivity contribution in [1.29, 1.82) is 0 Å². The Hall–Kier alpha value is -1.22. The van der Waals surface area contributed by atoms with E-state index in [0.717, 1.165) is 17.7 Å². The summed E-state index contributed by atoms with van der Waals surface area (Å²) in [6, 6.07) is 1.58. The van der Waals surface area contributed by atoms with Gasteiger partial charge in [-0.25, -0.2) is 13.1 Å². The number of nitrogens with zero attached hydrogens (tertiary/aromatic N) is 2. The molecule has 2 aromatic rings. The Balaban J connectivity index is 2.17. The summed E-state index contributed by atoms with van der Waals surface area (Å²) < 4.78 is 28.8. The van der Waals surface area contributed by atoms with E-state index in [9.17, 15) is 8.42 Å². The summed E-state index contributed by atoms with van der Waals surface area (Å²) in [7, 11) is -1.71. The van der Waals surface area contributed by atoms with Crippen molar-refractivity contribution in [1.82, 2.24) is 14.5 Å². The van der Waals surface area contributed by atoms with Gasteiger partial charge < -0.3 is 5.73 Å². The number of aromatic nitrogens is 2. The second-order valence-electron chi connectivity index (χ2n) is 4.36. The summed E-state index contributed by atoms with van der Waals surface area (Å²) >= 11 is 1.35. The molecule has 3 N–H and O–H groups in total. The number of thiophene rings is 1.